The van der Waals surface area contributed by atoms with Gasteiger partial charge >= 0.3 is 0 Å². The molecule has 0 unspecified atom stereocenters. The summed E-state index contributed by atoms with van der Waals surface area (Å²) in [5.74, 6) is 0. The van der Waals surface area contributed by atoms with Crippen LogP contribution in [0.25, 0.3) is 0 Å². The third kappa shape index (κ3) is 5.01. The van der Waals surface area contributed by atoms with Crippen LogP contribution >= 0.6 is 28.3 Å². The van der Waals surface area contributed by atoms with Crippen LogP contribution in [0.1, 0.15) is 19.4 Å². The van der Waals surface area contributed by atoms with Gasteiger partial charge < -0.3 is 5.32 Å². The van der Waals surface area contributed by atoms with Crippen molar-refractivity contribution < 1.29 is 0 Å². The minimum absolute atomic E-state index is 0. The summed E-state index contributed by atoms with van der Waals surface area (Å²) in [5, 5.41) is 3.23. The van der Waals surface area contributed by atoms with Gasteiger partial charge in [0.2, 0.25) is 0 Å². The molecule has 0 heterocycles. The summed E-state index contributed by atoms with van der Waals surface area (Å²) in [7, 11) is 2.00. The minimum atomic E-state index is 0. The molecule has 0 spiro atoms. The first kappa shape index (κ1) is 14.9. The van der Waals surface area contributed by atoms with Gasteiger partial charge in [-0.2, -0.15) is 0 Å². The molecule has 0 atom stereocenters. The number of halogens is 2. The third-order valence-electron chi connectivity index (χ3n) is 2.28. The quantitative estimate of drug-likeness (QED) is 0.893. The van der Waals surface area contributed by atoms with Crippen LogP contribution in [0.2, 0.25) is 0 Å². The molecule has 0 saturated carbocycles. The van der Waals surface area contributed by atoms with Crippen molar-refractivity contribution in [1.82, 2.24) is 5.32 Å². The van der Waals surface area contributed by atoms with Gasteiger partial charge in [0.15, 0.2) is 0 Å². The van der Waals surface area contributed by atoms with E-state index < -0.39 is 0 Å². The molecular weight excluding hydrogens is 273 g/mol. The maximum atomic E-state index is 3.58. The summed E-state index contributed by atoms with van der Waals surface area (Å²) < 4.78 is 1.21. The van der Waals surface area contributed by atoms with Crippen molar-refractivity contribution in [3.63, 3.8) is 0 Å². The van der Waals surface area contributed by atoms with E-state index in [2.05, 4.69) is 59.4 Å². The SMILES string of the molecule is CNCC(C)(C)Cc1ccccc1Br.Cl. The average molecular weight is 293 g/mol. The van der Waals surface area contributed by atoms with E-state index >= 15 is 0 Å². The normalized spacial score (nSPS) is 10.9. The van der Waals surface area contributed by atoms with Gasteiger partial charge in [-0.05, 0) is 30.5 Å². The second-order valence-electron chi connectivity index (χ2n) is 4.46. The van der Waals surface area contributed by atoms with Gasteiger partial charge in [-0.25, -0.2) is 0 Å². The van der Waals surface area contributed by atoms with Crippen LogP contribution in [-0.4, -0.2) is 13.6 Å². The molecule has 1 nitrogen and oxygen atoms in total. The van der Waals surface area contributed by atoms with Crippen molar-refractivity contribution in [2.45, 2.75) is 20.3 Å². The summed E-state index contributed by atoms with van der Waals surface area (Å²) >= 11 is 3.58. The summed E-state index contributed by atoms with van der Waals surface area (Å²) in [5.41, 5.74) is 1.69. The Bertz CT molecular complexity index is 299. The summed E-state index contributed by atoms with van der Waals surface area (Å²) in [6.07, 6.45) is 1.09. The number of benzene rings is 1. The Morgan fingerprint density at radius 2 is 1.87 bits per heavy atom. The lowest BCUT2D eigenvalue weighted by molar-refractivity contribution is 0.349. The molecule has 0 aromatic heterocycles. The van der Waals surface area contributed by atoms with Crippen LogP contribution in [-0.2, 0) is 6.42 Å². The highest BCUT2D eigenvalue weighted by molar-refractivity contribution is 9.10. The Balaban J connectivity index is 0.00000196. The van der Waals surface area contributed by atoms with E-state index in [1.165, 1.54) is 10.0 Å². The van der Waals surface area contributed by atoms with E-state index in [0.717, 1.165) is 13.0 Å². The molecule has 15 heavy (non-hydrogen) atoms. The van der Waals surface area contributed by atoms with Crippen LogP contribution in [0, 0.1) is 5.41 Å². The largest absolute Gasteiger partial charge is 0.319 e. The molecule has 1 rings (SSSR count). The van der Waals surface area contributed by atoms with Crippen molar-refractivity contribution in [1.29, 1.82) is 0 Å². The van der Waals surface area contributed by atoms with Gasteiger partial charge in [0.1, 0.15) is 0 Å². The molecular formula is C12H19BrClN. The van der Waals surface area contributed by atoms with Gasteiger partial charge in [-0.3, -0.25) is 0 Å². The average Bonchev–Trinajstić information content (AvgIpc) is 2.08. The zero-order chi connectivity index (χ0) is 10.6. The number of rotatable bonds is 4. The Labute approximate surface area is 107 Å². The molecule has 1 aromatic carbocycles. The van der Waals surface area contributed by atoms with Crippen LogP contribution in [0.4, 0.5) is 0 Å². The van der Waals surface area contributed by atoms with Crippen molar-refractivity contribution in [3.8, 4) is 0 Å². The van der Waals surface area contributed by atoms with E-state index in [1.807, 2.05) is 7.05 Å². The van der Waals surface area contributed by atoms with Crippen molar-refractivity contribution >= 4 is 28.3 Å². The van der Waals surface area contributed by atoms with E-state index in [4.69, 9.17) is 0 Å². The fourth-order valence-electron chi connectivity index (χ4n) is 1.70. The van der Waals surface area contributed by atoms with Gasteiger partial charge in [0.05, 0.1) is 0 Å². The number of hydrogen-bond acceptors (Lipinski definition) is 1. The first-order valence-corrected chi connectivity index (χ1v) is 5.72. The smallest absolute Gasteiger partial charge is 0.0207 e. The Morgan fingerprint density at radius 3 is 2.40 bits per heavy atom. The van der Waals surface area contributed by atoms with Gasteiger partial charge in [-0.1, -0.05) is 48.0 Å². The Morgan fingerprint density at radius 1 is 1.27 bits per heavy atom. The van der Waals surface area contributed by atoms with E-state index in [9.17, 15) is 0 Å². The van der Waals surface area contributed by atoms with E-state index in [-0.39, 0.29) is 12.4 Å². The third-order valence-corrected chi connectivity index (χ3v) is 3.06. The standard InChI is InChI=1S/C12H18BrN.ClH/c1-12(2,9-14-3)8-10-6-4-5-7-11(10)13;/h4-7,14H,8-9H2,1-3H3;1H. The molecule has 0 saturated heterocycles. The maximum Gasteiger partial charge on any atom is 0.0207 e. The summed E-state index contributed by atoms with van der Waals surface area (Å²) in [6.45, 7) is 5.60. The van der Waals surface area contributed by atoms with E-state index in [0.29, 0.717) is 5.41 Å². The maximum absolute atomic E-state index is 3.58. The van der Waals surface area contributed by atoms with Crippen LogP contribution < -0.4 is 5.32 Å². The zero-order valence-corrected chi connectivity index (χ0v) is 11.9. The highest BCUT2D eigenvalue weighted by atomic mass is 79.9. The highest BCUT2D eigenvalue weighted by Gasteiger charge is 2.18. The molecule has 0 aliphatic carbocycles. The molecule has 0 aliphatic heterocycles. The van der Waals surface area contributed by atoms with Gasteiger partial charge in [0, 0.05) is 11.0 Å². The highest BCUT2D eigenvalue weighted by Crippen LogP contribution is 2.25. The lowest BCUT2D eigenvalue weighted by Crippen LogP contribution is -2.28. The molecule has 1 N–H and O–H groups in total. The van der Waals surface area contributed by atoms with Crippen LogP contribution in [0.3, 0.4) is 0 Å². The molecule has 0 aliphatic rings. The second kappa shape index (κ2) is 6.51. The molecule has 0 fully saturated rings. The van der Waals surface area contributed by atoms with Gasteiger partial charge in [0.25, 0.3) is 0 Å². The Hall–Kier alpha value is -0.0500. The molecule has 0 radical (unpaired) electrons. The lowest BCUT2D eigenvalue weighted by atomic mass is 9.86. The zero-order valence-electron chi connectivity index (χ0n) is 9.51. The molecule has 86 valence electrons. The lowest BCUT2D eigenvalue weighted by Gasteiger charge is -2.24. The van der Waals surface area contributed by atoms with Crippen molar-refractivity contribution in [2.24, 2.45) is 5.41 Å². The first-order chi connectivity index (χ1) is 6.55. The molecule has 0 bridgehead atoms. The molecule has 1 aromatic rings. The van der Waals surface area contributed by atoms with Crippen molar-refractivity contribution in [3.05, 3.63) is 34.3 Å². The predicted molar refractivity (Wildman–Crippen MR) is 72.8 cm³/mol. The van der Waals surface area contributed by atoms with Crippen LogP contribution in [0.5, 0.6) is 0 Å². The van der Waals surface area contributed by atoms with E-state index in [1.54, 1.807) is 0 Å². The number of nitrogens with one attached hydrogen (secondary N) is 1. The topological polar surface area (TPSA) is 12.0 Å². The summed E-state index contributed by atoms with van der Waals surface area (Å²) in [4.78, 5) is 0. The molecule has 3 heteroatoms. The Kier molecular flexibility index (Phi) is 6.49. The van der Waals surface area contributed by atoms with Crippen LogP contribution in [0.15, 0.2) is 28.7 Å². The number of hydrogen-bond donors (Lipinski definition) is 1. The fourth-order valence-corrected chi connectivity index (χ4v) is 2.12. The van der Waals surface area contributed by atoms with Crippen molar-refractivity contribution in [2.75, 3.05) is 13.6 Å². The minimum Gasteiger partial charge on any atom is -0.319 e. The van der Waals surface area contributed by atoms with Gasteiger partial charge in [-0.15, -0.1) is 12.4 Å². The fraction of sp³-hybridized carbons (Fsp3) is 0.500. The molecule has 0 amide bonds. The monoisotopic (exact) mass is 291 g/mol. The predicted octanol–water partition coefficient (Wildman–Crippen LogP) is 3.66. The summed E-state index contributed by atoms with van der Waals surface area (Å²) in [6, 6.07) is 8.43. The first-order valence-electron chi connectivity index (χ1n) is 4.93. The second-order valence-corrected chi connectivity index (χ2v) is 5.32.